The average molecular weight is 258 g/mol. The van der Waals surface area contributed by atoms with Gasteiger partial charge in [0.05, 0.1) is 12.3 Å². The summed E-state index contributed by atoms with van der Waals surface area (Å²) in [4.78, 5) is 4.01. The van der Waals surface area contributed by atoms with Crippen molar-refractivity contribution in [3.05, 3.63) is 47.5 Å². The highest BCUT2D eigenvalue weighted by atomic mass is 16.5. The molecule has 0 amide bonds. The van der Waals surface area contributed by atoms with Gasteiger partial charge in [-0.05, 0) is 29.7 Å². The van der Waals surface area contributed by atoms with E-state index in [2.05, 4.69) is 21.6 Å². The summed E-state index contributed by atoms with van der Waals surface area (Å²) < 4.78 is 7.68. The number of pyridine rings is 1. The van der Waals surface area contributed by atoms with Crippen LogP contribution in [-0.2, 0) is 24.8 Å². The van der Waals surface area contributed by atoms with Crippen LogP contribution in [0, 0.1) is 0 Å². The molecular formula is C14H18N4O. The lowest BCUT2D eigenvalue weighted by Gasteiger charge is -2.22. The molecular weight excluding hydrogens is 240 g/mol. The number of rotatable bonds is 4. The third-order valence-electron chi connectivity index (χ3n) is 3.34. The minimum Gasteiger partial charge on any atom is -0.370 e. The number of fused-ring (bicyclic) bond motifs is 1. The van der Waals surface area contributed by atoms with E-state index in [4.69, 9.17) is 4.74 Å². The van der Waals surface area contributed by atoms with Gasteiger partial charge in [-0.3, -0.25) is 9.67 Å². The van der Waals surface area contributed by atoms with Crippen LogP contribution in [0.4, 0.5) is 0 Å². The molecule has 0 bridgehead atoms. The van der Waals surface area contributed by atoms with Gasteiger partial charge in [0.25, 0.3) is 0 Å². The van der Waals surface area contributed by atoms with Crippen molar-refractivity contribution in [3.8, 4) is 0 Å². The molecule has 1 N–H and O–H groups in total. The van der Waals surface area contributed by atoms with Crippen molar-refractivity contribution in [2.24, 2.45) is 7.05 Å². The van der Waals surface area contributed by atoms with Gasteiger partial charge in [0.15, 0.2) is 0 Å². The predicted molar refractivity (Wildman–Crippen MR) is 71.5 cm³/mol. The Balaban J connectivity index is 1.59. The zero-order chi connectivity index (χ0) is 13.1. The molecule has 0 aliphatic carbocycles. The van der Waals surface area contributed by atoms with Gasteiger partial charge in [0.1, 0.15) is 6.10 Å². The third-order valence-corrected chi connectivity index (χ3v) is 3.34. The largest absolute Gasteiger partial charge is 0.370 e. The standard InChI is InChI=1S/C14H18N4O/c1-18-10-12-4-7-19-13(14(12)17-18)9-16-8-11-2-5-15-6-3-11/h2-3,5-6,10,13,16H,4,7-9H2,1H3/t13-/m0/s1. The van der Waals surface area contributed by atoms with Gasteiger partial charge in [-0.15, -0.1) is 0 Å². The highest BCUT2D eigenvalue weighted by molar-refractivity contribution is 5.22. The second kappa shape index (κ2) is 5.50. The number of ether oxygens (including phenoxy) is 1. The molecule has 3 heterocycles. The Morgan fingerprint density at radius 3 is 3.11 bits per heavy atom. The number of hydrogen-bond donors (Lipinski definition) is 1. The molecule has 0 fully saturated rings. The fourth-order valence-electron chi connectivity index (χ4n) is 2.41. The summed E-state index contributed by atoms with van der Waals surface area (Å²) in [6.45, 7) is 2.39. The Morgan fingerprint density at radius 2 is 2.26 bits per heavy atom. The number of nitrogens with zero attached hydrogens (tertiary/aromatic N) is 3. The van der Waals surface area contributed by atoms with Gasteiger partial charge in [0, 0.05) is 38.7 Å². The number of nitrogens with one attached hydrogen (secondary N) is 1. The molecule has 3 rings (SSSR count). The van der Waals surface area contributed by atoms with Gasteiger partial charge in [-0.25, -0.2) is 0 Å². The zero-order valence-corrected chi connectivity index (χ0v) is 11.0. The molecule has 1 atom stereocenters. The van der Waals surface area contributed by atoms with E-state index in [1.807, 2.05) is 36.3 Å². The van der Waals surface area contributed by atoms with E-state index in [1.165, 1.54) is 11.1 Å². The molecule has 0 spiro atoms. The first-order chi connectivity index (χ1) is 9.33. The van der Waals surface area contributed by atoms with Crippen LogP contribution in [0.5, 0.6) is 0 Å². The Labute approximate surface area is 112 Å². The summed E-state index contributed by atoms with van der Waals surface area (Å²) in [5, 5.41) is 7.92. The van der Waals surface area contributed by atoms with Crippen molar-refractivity contribution in [1.82, 2.24) is 20.1 Å². The lowest BCUT2D eigenvalue weighted by molar-refractivity contribution is 0.0393. The normalized spacial score (nSPS) is 18.3. The van der Waals surface area contributed by atoms with Gasteiger partial charge < -0.3 is 10.1 Å². The quantitative estimate of drug-likeness (QED) is 0.896. The van der Waals surface area contributed by atoms with Gasteiger partial charge in [-0.2, -0.15) is 5.10 Å². The molecule has 100 valence electrons. The number of aromatic nitrogens is 3. The van der Waals surface area contributed by atoms with Crippen LogP contribution in [-0.4, -0.2) is 27.9 Å². The lowest BCUT2D eigenvalue weighted by Crippen LogP contribution is -2.27. The number of aryl methyl sites for hydroxylation is 1. The minimum absolute atomic E-state index is 0.0618. The van der Waals surface area contributed by atoms with E-state index >= 15 is 0 Å². The summed E-state index contributed by atoms with van der Waals surface area (Å²) in [5.41, 5.74) is 3.62. The molecule has 2 aromatic heterocycles. The first-order valence-corrected chi connectivity index (χ1v) is 6.56. The second-order valence-corrected chi connectivity index (χ2v) is 4.81. The maximum atomic E-state index is 5.81. The van der Waals surface area contributed by atoms with Gasteiger partial charge >= 0.3 is 0 Å². The second-order valence-electron chi connectivity index (χ2n) is 4.81. The monoisotopic (exact) mass is 258 g/mol. The van der Waals surface area contributed by atoms with E-state index in [1.54, 1.807) is 0 Å². The summed E-state index contributed by atoms with van der Waals surface area (Å²) in [6, 6.07) is 4.03. The van der Waals surface area contributed by atoms with Crippen LogP contribution in [0.25, 0.3) is 0 Å². The zero-order valence-electron chi connectivity index (χ0n) is 11.0. The summed E-state index contributed by atoms with van der Waals surface area (Å²) in [5.74, 6) is 0. The van der Waals surface area contributed by atoms with Crippen molar-refractivity contribution >= 4 is 0 Å². The SMILES string of the molecule is Cn1cc2c(n1)[C@H](CNCc1ccncc1)OCC2. The average Bonchev–Trinajstić information content (AvgIpc) is 2.81. The molecule has 0 saturated heterocycles. The van der Waals surface area contributed by atoms with Crippen molar-refractivity contribution in [2.45, 2.75) is 19.1 Å². The van der Waals surface area contributed by atoms with Crippen LogP contribution >= 0.6 is 0 Å². The summed E-state index contributed by atoms with van der Waals surface area (Å²) >= 11 is 0. The topological polar surface area (TPSA) is 52.0 Å². The van der Waals surface area contributed by atoms with Crippen molar-refractivity contribution < 1.29 is 4.74 Å². The van der Waals surface area contributed by atoms with Crippen LogP contribution < -0.4 is 5.32 Å². The van der Waals surface area contributed by atoms with Crippen molar-refractivity contribution in [3.63, 3.8) is 0 Å². The first kappa shape index (κ1) is 12.3. The molecule has 5 heteroatoms. The highest BCUT2D eigenvalue weighted by Gasteiger charge is 2.23. The smallest absolute Gasteiger partial charge is 0.114 e. The highest BCUT2D eigenvalue weighted by Crippen LogP contribution is 2.24. The molecule has 19 heavy (non-hydrogen) atoms. The molecule has 2 aromatic rings. The van der Waals surface area contributed by atoms with E-state index in [9.17, 15) is 0 Å². The van der Waals surface area contributed by atoms with Crippen LogP contribution in [0.15, 0.2) is 30.7 Å². The maximum absolute atomic E-state index is 5.81. The maximum Gasteiger partial charge on any atom is 0.114 e. The summed E-state index contributed by atoms with van der Waals surface area (Å²) in [7, 11) is 1.96. The number of hydrogen-bond acceptors (Lipinski definition) is 4. The minimum atomic E-state index is 0.0618. The Kier molecular flexibility index (Phi) is 3.57. The molecule has 0 saturated carbocycles. The Bertz CT molecular complexity index is 538. The fraction of sp³-hybridized carbons (Fsp3) is 0.429. The Hall–Kier alpha value is -1.72. The van der Waals surface area contributed by atoms with Crippen LogP contribution in [0.1, 0.15) is 22.9 Å². The third kappa shape index (κ3) is 2.83. The first-order valence-electron chi connectivity index (χ1n) is 6.56. The predicted octanol–water partition coefficient (Wildman–Crippen LogP) is 1.22. The van der Waals surface area contributed by atoms with Crippen molar-refractivity contribution in [1.29, 1.82) is 0 Å². The van der Waals surface area contributed by atoms with E-state index < -0.39 is 0 Å². The van der Waals surface area contributed by atoms with Gasteiger partial charge in [-0.1, -0.05) is 0 Å². The van der Waals surface area contributed by atoms with E-state index in [0.717, 1.165) is 31.8 Å². The fourth-order valence-corrected chi connectivity index (χ4v) is 2.41. The molecule has 0 radical (unpaired) electrons. The van der Waals surface area contributed by atoms with E-state index in [-0.39, 0.29) is 6.10 Å². The van der Waals surface area contributed by atoms with Crippen LogP contribution in [0.3, 0.4) is 0 Å². The lowest BCUT2D eigenvalue weighted by atomic mass is 10.1. The Morgan fingerprint density at radius 1 is 1.42 bits per heavy atom. The van der Waals surface area contributed by atoms with E-state index in [0.29, 0.717) is 0 Å². The molecule has 0 aromatic carbocycles. The molecule has 1 aliphatic rings. The van der Waals surface area contributed by atoms with Gasteiger partial charge in [0.2, 0.25) is 0 Å². The molecule has 1 aliphatic heterocycles. The van der Waals surface area contributed by atoms with Crippen LogP contribution in [0.2, 0.25) is 0 Å². The molecule has 5 nitrogen and oxygen atoms in total. The van der Waals surface area contributed by atoms with Crippen molar-refractivity contribution in [2.75, 3.05) is 13.2 Å². The summed E-state index contributed by atoms with van der Waals surface area (Å²) in [6.07, 6.45) is 6.74. The molecule has 0 unspecified atom stereocenters.